The molecule has 0 aromatic heterocycles. The van der Waals surface area contributed by atoms with Crippen LogP contribution < -0.4 is 10.4 Å². The van der Waals surface area contributed by atoms with Crippen molar-refractivity contribution in [3.63, 3.8) is 0 Å². The monoisotopic (exact) mass is 407 g/mol. The molecular formula is C30H22BN. The maximum absolute atomic E-state index is 2.39. The zero-order valence-electron chi connectivity index (χ0n) is 18.0. The van der Waals surface area contributed by atoms with Crippen molar-refractivity contribution in [3.8, 4) is 0 Å². The van der Waals surface area contributed by atoms with Crippen LogP contribution in [-0.2, 0) is 0 Å². The lowest BCUT2D eigenvalue weighted by molar-refractivity contribution is 1.31. The fraction of sp³-hybridized carbons (Fsp3) is 0. The lowest BCUT2D eigenvalue weighted by Gasteiger charge is -2.28. The van der Waals surface area contributed by atoms with E-state index in [1.165, 1.54) is 43.5 Å². The minimum Gasteiger partial charge on any atom is -0.310 e. The molecule has 0 heterocycles. The number of nitrogens with zero attached hydrogens (tertiary/aromatic N) is 1. The van der Waals surface area contributed by atoms with Gasteiger partial charge in [-0.15, -0.1) is 0 Å². The molecule has 0 atom stereocenters. The van der Waals surface area contributed by atoms with Crippen molar-refractivity contribution in [2.45, 2.75) is 0 Å². The van der Waals surface area contributed by atoms with E-state index in [9.17, 15) is 0 Å². The zero-order valence-corrected chi connectivity index (χ0v) is 18.0. The molecule has 0 saturated carbocycles. The highest BCUT2D eigenvalue weighted by atomic mass is 15.1. The maximum Gasteiger partial charge on any atom is 0.139 e. The highest BCUT2D eigenvalue weighted by Crippen LogP contribution is 2.42. The second-order valence-corrected chi connectivity index (χ2v) is 8.36. The second-order valence-electron chi connectivity index (χ2n) is 8.36. The molecule has 0 spiro atoms. The Labute approximate surface area is 189 Å². The molecule has 0 fully saturated rings. The third-order valence-corrected chi connectivity index (χ3v) is 6.27. The van der Waals surface area contributed by atoms with Crippen LogP contribution in [-0.4, -0.2) is 7.85 Å². The van der Waals surface area contributed by atoms with Crippen molar-refractivity contribution in [2.24, 2.45) is 0 Å². The summed E-state index contributed by atoms with van der Waals surface area (Å²) >= 11 is 0. The zero-order chi connectivity index (χ0) is 21.5. The third kappa shape index (κ3) is 3.12. The van der Waals surface area contributed by atoms with E-state index in [2.05, 4.69) is 134 Å². The van der Waals surface area contributed by atoms with E-state index in [1.54, 1.807) is 0 Å². The van der Waals surface area contributed by atoms with Gasteiger partial charge in [-0.1, -0.05) is 96.5 Å². The van der Waals surface area contributed by atoms with Crippen LogP contribution in [0.3, 0.4) is 0 Å². The Hall–Kier alpha value is -4.04. The van der Waals surface area contributed by atoms with Gasteiger partial charge in [-0.3, -0.25) is 0 Å². The van der Waals surface area contributed by atoms with Gasteiger partial charge in [0.15, 0.2) is 0 Å². The van der Waals surface area contributed by atoms with Gasteiger partial charge in [0, 0.05) is 16.8 Å². The first-order valence-corrected chi connectivity index (χ1v) is 11.0. The van der Waals surface area contributed by atoms with Gasteiger partial charge in [0.25, 0.3) is 0 Å². The number of anilines is 3. The van der Waals surface area contributed by atoms with Crippen LogP contribution in [0.1, 0.15) is 0 Å². The SMILES string of the molecule is Bc1ccc(N(c2ccc3ccccc3c2)c2cc3ccccc3c3ccccc23)cc1. The molecule has 6 aromatic carbocycles. The first-order chi connectivity index (χ1) is 15.8. The molecule has 6 aromatic rings. The van der Waals surface area contributed by atoms with Gasteiger partial charge >= 0.3 is 0 Å². The van der Waals surface area contributed by atoms with Crippen LogP contribution in [0.2, 0.25) is 0 Å². The van der Waals surface area contributed by atoms with Crippen LogP contribution >= 0.6 is 0 Å². The van der Waals surface area contributed by atoms with Gasteiger partial charge in [-0.05, 0) is 57.3 Å². The molecule has 0 aliphatic rings. The number of benzene rings is 6. The molecule has 1 nitrogen and oxygen atoms in total. The molecule has 6 rings (SSSR count). The van der Waals surface area contributed by atoms with Crippen LogP contribution in [0.15, 0.2) is 121 Å². The Morgan fingerprint density at radius 2 is 1.03 bits per heavy atom. The van der Waals surface area contributed by atoms with E-state index in [-0.39, 0.29) is 0 Å². The van der Waals surface area contributed by atoms with Crippen LogP contribution in [0.25, 0.3) is 32.3 Å². The van der Waals surface area contributed by atoms with Crippen molar-refractivity contribution in [3.05, 3.63) is 121 Å². The molecule has 0 N–H and O–H groups in total. The first-order valence-electron chi connectivity index (χ1n) is 11.0. The van der Waals surface area contributed by atoms with Crippen molar-refractivity contribution in [1.82, 2.24) is 0 Å². The van der Waals surface area contributed by atoms with Gasteiger partial charge in [0.05, 0.1) is 5.69 Å². The van der Waals surface area contributed by atoms with Crippen LogP contribution in [0.4, 0.5) is 17.1 Å². The normalized spacial score (nSPS) is 11.2. The Bertz CT molecular complexity index is 1580. The summed E-state index contributed by atoms with van der Waals surface area (Å²) in [6, 6.07) is 43.8. The molecule has 2 heteroatoms. The summed E-state index contributed by atoms with van der Waals surface area (Å²) in [6.45, 7) is 0. The van der Waals surface area contributed by atoms with E-state index >= 15 is 0 Å². The summed E-state index contributed by atoms with van der Waals surface area (Å²) in [7, 11) is 2.13. The molecule has 150 valence electrons. The van der Waals surface area contributed by atoms with Gasteiger partial charge in [0.2, 0.25) is 0 Å². The lowest BCUT2D eigenvalue weighted by Crippen LogP contribution is -2.12. The van der Waals surface area contributed by atoms with E-state index < -0.39 is 0 Å². The number of hydrogen-bond donors (Lipinski definition) is 0. The summed E-state index contributed by atoms with van der Waals surface area (Å²) in [6.07, 6.45) is 0. The van der Waals surface area contributed by atoms with Gasteiger partial charge in [0.1, 0.15) is 7.85 Å². The van der Waals surface area contributed by atoms with Crippen LogP contribution in [0, 0.1) is 0 Å². The van der Waals surface area contributed by atoms with Gasteiger partial charge < -0.3 is 4.90 Å². The average Bonchev–Trinajstić information content (AvgIpc) is 2.85. The summed E-state index contributed by atoms with van der Waals surface area (Å²) in [5.74, 6) is 0. The maximum atomic E-state index is 2.39. The lowest BCUT2D eigenvalue weighted by atomic mass is 9.95. The Balaban J connectivity index is 1.69. The first kappa shape index (κ1) is 18.7. The van der Waals surface area contributed by atoms with Crippen molar-refractivity contribution >= 4 is 62.7 Å². The Kier molecular flexibility index (Phi) is 4.43. The van der Waals surface area contributed by atoms with Crippen molar-refractivity contribution < 1.29 is 0 Å². The predicted molar refractivity (Wildman–Crippen MR) is 142 cm³/mol. The third-order valence-electron chi connectivity index (χ3n) is 6.27. The number of rotatable bonds is 3. The Morgan fingerprint density at radius 3 is 1.81 bits per heavy atom. The van der Waals surface area contributed by atoms with Crippen molar-refractivity contribution in [2.75, 3.05) is 4.90 Å². The summed E-state index contributed by atoms with van der Waals surface area (Å²) in [5, 5.41) is 7.56. The largest absolute Gasteiger partial charge is 0.310 e. The van der Waals surface area contributed by atoms with E-state index in [0.717, 1.165) is 11.4 Å². The minimum atomic E-state index is 1.16. The van der Waals surface area contributed by atoms with E-state index in [4.69, 9.17) is 0 Å². The molecule has 0 saturated heterocycles. The smallest absolute Gasteiger partial charge is 0.139 e. The number of fused-ring (bicyclic) bond motifs is 4. The number of hydrogen-bond acceptors (Lipinski definition) is 1. The molecule has 0 amide bonds. The quantitative estimate of drug-likeness (QED) is 0.228. The van der Waals surface area contributed by atoms with Gasteiger partial charge in [-0.2, -0.15) is 0 Å². The standard InChI is InChI=1S/C30H22BN/c31-24-14-17-25(18-15-24)32(26-16-13-21-7-1-2-8-22(21)19-26)30-20-23-9-3-4-10-27(23)28-11-5-6-12-29(28)30/h1-20H,31H2. The summed E-state index contributed by atoms with van der Waals surface area (Å²) < 4.78 is 0. The second kappa shape index (κ2) is 7.58. The average molecular weight is 407 g/mol. The fourth-order valence-corrected chi connectivity index (χ4v) is 4.66. The highest BCUT2D eigenvalue weighted by Gasteiger charge is 2.17. The van der Waals surface area contributed by atoms with Crippen LogP contribution in [0.5, 0.6) is 0 Å². The van der Waals surface area contributed by atoms with Gasteiger partial charge in [-0.25, -0.2) is 0 Å². The molecule has 0 bridgehead atoms. The highest BCUT2D eigenvalue weighted by molar-refractivity contribution is 6.32. The molecule has 0 aliphatic heterocycles. The summed E-state index contributed by atoms with van der Waals surface area (Å²) in [4.78, 5) is 2.39. The molecule has 32 heavy (non-hydrogen) atoms. The predicted octanol–water partition coefficient (Wildman–Crippen LogP) is 6.87. The summed E-state index contributed by atoms with van der Waals surface area (Å²) in [5.41, 5.74) is 4.77. The van der Waals surface area contributed by atoms with Crippen molar-refractivity contribution in [1.29, 1.82) is 0 Å². The van der Waals surface area contributed by atoms with E-state index in [1.807, 2.05) is 0 Å². The molecule has 0 radical (unpaired) electrons. The Morgan fingerprint density at radius 1 is 0.438 bits per heavy atom. The molecule has 0 unspecified atom stereocenters. The minimum absolute atomic E-state index is 1.16. The molecular weight excluding hydrogens is 385 g/mol. The topological polar surface area (TPSA) is 3.24 Å². The fourth-order valence-electron chi connectivity index (χ4n) is 4.66. The van der Waals surface area contributed by atoms with E-state index in [0.29, 0.717) is 0 Å². The molecule has 0 aliphatic carbocycles.